The van der Waals surface area contributed by atoms with Gasteiger partial charge < -0.3 is 5.32 Å². The molecule has 1 saturated carbocycles. The van der Waals surface area contributed by atoms with Crippen LogP contribution in [0.5, 0.6) is 0 Å². The maximum atomic E-state index is 12.0. The highest BCUT2D eigenvalue weighted by molar-refractivity contribution is 6.07. The Morgan fingerprint density at radius 1 is 1.24 bits per heavy atom. The summed E-state index contributed by atoms with van der Waals surface area (Å²) in [6.45, 7) is 3.43. The first-order valence-corrected chi connectivity index (χ1v) is 5.93. The molecule has 1 aromatic carbocycles. The lowest BCUT2D eigenvalue weighted by Crippen LogP contribution is -2.37. The Bertz CT molecular complexity index is 435. The fraction of sp³-hybridized carbons (Fsp3) is 0.429. The Labute approximate surface area is 101 Å². The van der Waals surface area contributed by atoms with E-state index in [0.717, 1.165) is 5.56 Å². The smallest absolute Gasteiger partial charge is 0.234 e. The van der Waals surface area contributed by atoms with Crippen molar-refractivity contribution in [3.8, 4) is 0 Å². The summed E-state index contributed by atoms with van der Waals surface area (Å²) < 4.78 is 0. The molecule has 0 saturated heterocycles. The number of hydrogen-bond donors (Lipinski definition) is 1. The largest absolute Gasteiger partial charge is 0.349 e. The minimum absolute atomic E-state index is 0.0183. The summed E-state index contributed by atoms with van der Waals surface area (Å²) >= 11 is 0. The third kappa shape index (κ3) is 2.23. The molecule has 1 aliphatic rings. The van der Waals surface area contributed by atoms with Crippen LogP contribution in [0.3, 0.4) is 0 Å². The van der Waals surface area contributed by atoms with E-state index >= 15 is 0 Å². The minimum Gasteiger partial charge on any atom is -0.349 e. The minimum atomic E-state index is -0.719. The lowest BCUT2D eigenvalue weighted by atomic mass is 10.00. The number of hydrogen-bond acceptors (Lipinski definition) is 2. The van der Waals surface area contributed by atoms with Crippen molar-refractivity contribution in [2.24, 2.45) is 5.41 Å². The van der Waals surface area contributed by atoms with Crippen molar-refractivity contribution in [3.63, 3.8) is 0 Å². The van der Waals surface area contributed by atoms with E-state index in [4.69, 9.17) is 0 Å². The number of carbonyl (C=O) groups is 2. The highest BCUT2D eigenvalue weighted by atomic mass is 16.2. The monoisotopic (exact) mass is 231 g/mol. The fourth-order valence-corrected chi connectivity index (χ4v) is 2.02. The van der Waals surface area contributed by atoms with Crippen LogP contribution in [0.2, 0.25) is 0 Å². The molecule has 0 radical (unpaired) electrons. The normalized spacial score (nSPS) is 18.2. The second-order valence-corrected chi connectivity index (χ2v) is 4.74. The maximum Gasteiger partial charge on any atom is 0.234 e. The topological polar surface area (TPSA) is 46.2 Å². The summed E-state index contributed by atoms with van der Waals surface area (Å²) in [5, 5.41) is 2.92. The Balaban J connectivity index is 2.03. The molecule has 90 valence electrons. The van der Waals surface area contributed by atoms with Crippen molar-refractivity contribution >= 4 is 11.7 Å². The van der Waals surface area contributed by atoms with Crippen LogP contribution in [0, 0.1) is 5.41 Å². The Morgan fingerprint density at radius 3 is 2.29 bits per heavy atom. The number of Topliss-reactive ketones (excluding diaryl/α,β-unsaturated/α-hetero) is 1. The predicted octanol–water partition coefficient (Wildman–Crippen LogP) is 2.23. The molecule has 1 N–H and O–H groups in total. The molecule has 0 unspecified atom stereocenters. The van der Waals surface area contributed by atoms with Crippen molar-refractivity contribution < 1.29 is 9.59 Å². The van der Waals surface area contributed by atoms with Crippen LogP contribution in [0.1, 0.15) is 38.3 Å². The Hall–Kier alpha value is -1.64. The van der Waals surface area contributed by atoms with E-state index in [0.29, 0.717) is 12.8 Å². The van der Waals surface area contributed by atoms with Gasteiger partial charge in [-0.25, -0.2) is 0 Å². The van der Waals surface area contributed by atoms with Crippen LogP contribution in [0.15, 0.2) is 30.3 Å². The summed E-state index contributed by atoms with van der Waals surface area (Å²) in [5.74, 6) is -0.142. The van der Waals surface area contributed by atoms with E-state index in [1.807, 2.05) is 37.3 Å². The molecule has 0 spiro atoms. The highest BCUT2D eigenvalue weighted by Gasteiger charge is 2.54. The van der Waals surface area contributed by atoms with E-state index < -0.39 is 5.41 Å². The van der Waals surface area contributed by atoms with Gasteiger partial charge >= 0.3 is 0 Å². The summed E-state index contributed by atoms with van der Waals surface area (Å²) in [6.07, 6.45) is 1.38. The lowest BCUT2D eigenvalue weighted by Gasteiger charge is -2.18. The van der Waals surface area contributed by atoms with Gasteiger partial charge in [0.25, 0.3) is 0 Å². The summed E-state index contributed by atoms with van der Waals surface area (Å²) in [4.78, 5) is 23.4. The fourth-order valence-electron chi connectivity index (χ4n) is 2.02. The third-order valence-corrected chi connectivity index (χ3v) is 3.51. The molecule has 1 aliphatic carbocycles. The van der Waals surface area contributed by atoms with Crippen LogP contribution in [0.25, 0.3) is 0 Å². The molecule has 0 bridgehead atoms. The van der Waals surface area contributed by atoms with Gasteiger partial charge in [-0.1, -0.05) is 30.3 Å². The van der Waals surface area contributed by atoms with Crippen molar-refractivity contribution in [2.75, 3.05) is 0 Å². The van der Waals surface area contributed by atoms with Gasteiger partial charge in [0.2, 0.25) is 5.91 Å². The van der Waals surface area contributed by atoms with E-state index in [1.165, 1.54) is 6.92 Å². The van der Waals surface area contributed by atoms with Gasteiger partial charge in [0.1, 0.15) is 11.2 Å². The van der Waals surface area contributed by atoms with Crippen molar-refractivity contribution in [1.82, 2.24) is 5.32 Å². The zero-order valence-corrected chi connectivity index (χ0v) is 10.2. The van der Waals surface area contributed by atoms with E-state index in [9.17, 15) is 9.59 Å². The molecule has 1 amide bonds. The third-order valence-electron chi connectivity index (χ3n) is 3.51. The summed E-state index contributed by atoms with van der Waals surface area (Å²) in [7, 11) is 0. The second-order valence-electron chi connectivity index (χ2n) is 4.74. The average Bonchev–Trinajstić information content (AvgIpc) is 3.11. The van der Waals surface area contributed by atoms with Crippen LogP contribution >= 0.6 is 0 Å². The number of ketones is 1. The number of rotatable bonds is 4. The first kappa shape index (κ1) is 11.8. The zero-order chi connectivity index (χ0) is 12.5. The van der Waals surface area contributed by atoms with Crippen LogP contribution in [-0.4, -0.2) is 11.7 Å². The molecule has 0 heterocycles. The van der Waals surface area contributed by atoms with Gasteiger partial charge in [0.05, 0.1) is 6.04 Å². The SMILES string of the molecule is CC(=O)C1(C(=O)N[C@H](C)c2ccccc2)CC1. The van der Waals surface area contributed by atoms with Gasteiger partial charge in [-0.3, -0.25) is 9.59 Å². The molecule has 3 heteroatoms. The molecule has 17 heavy (non-hydrogen) atoms. The first-order valence-electron chi connectivity index (χ1n) is 5.93. The van der Waals surface area contributed by atoms with Gasteiger partial charge in [-0.05, 0) is 32.3 Å². The average molecular weight is 231 g/mol. The van der Waals surface area contributed by atoms with Crippen LogP contribution in [0.4, 0.5) is 0 Å². The standard InChI is InChI=1S/C14H17NO2/c1-10(12-6-4-3-5-7-12)15-13(17)14(8-9-14)11(2)16/h3-7,10H,8-9H2,1-2H3,(H,15,17)/t10-/m1/s1. The van der Waals surface area contributed by atoms with Gasteiger partial charge in [0, 0.05) is 0 Å². The molecular formula is C14H17NO2. The van der Waals surface area contributed by atoms with Gasteiger partial charge in [-0.2, -0.15) is 0 Å². The van der Waals surface area contributed by atoms with Gasteiger partial charge in [0.15, 0.2) is 0 Å². The van der Waals surface area contributed by atoms with E-state index in [1.54, 1.807) is 0 Å². The van der Waals surface area contributed by atoms with Crippen molar-refractivity contribution in [3.05, 3.63) is 35.9 Å². The molecule has 0 aliphatic heterocycles. The number of carbonyl (C=O) groups excluding carboxylic acids is 2. The zero-order valence-electron chi connectivity index (χ0n) is 10.2. The van der Waals surface area contributed by atoms with Crippen molar-refractivity contribution in [2.45, 2.75) is 32.7 Å². The Kier molecular flexibility index (Phi) is 3.01. The Morgan fingerprint density at radius 2 is 1.82 bits per heavy atom. The van der Waals surface area contributed by atoms with Crippen molar-refractivity contribution in [1.29, 1.82) is 0 Å². The lowest BCUT2D eigenvalue weighted by molar-refractivity contribution is -0.135. The molecule has 3 nitrogen and oxygen atoms in total. The number of amides is 1. The molecule has 1 aromatic rings. The molecule has 2 rings (SSSR count). The van der Waals surface area contributed by atoms with Crippen LogP contribution in [-0.2, 0) is 9.59 Å². The molecule has 1 fully saturated rings. The summed E-state index contributed by atoms with van der Waals surface area (Å²) in [6, 6.07) is 9.71. The number of nitrogens with one attached hydrogen (secondary N) is 1. The summed E-state index contributed by atoms with van der Waals surface area (Å²) in [5.41, 5.74) is 0.337. The second kappa shape index (κ2) is 4.32. The van der Waals surface area contributed by atoms with E-state index in [2.05, 4.69) is 5.32 Å². The highest BCUT2D eigenvalue weighted by Crippen LogP contribution is 2.46. The molecule has 1 atom stereocenters. The van der Waals surface area contributed by atoms with Gasteiger partial charge in [-0.15, -0.1) is 0 Å². The quantitative estimate of drug-likeness (QED) is 0.808. The first-order chi connectivity index (χ1) is 8.06. The maximum absolute atomic E-state index is 12.0. The van der Waals surface area contributed by atoms with E-state index in [-0.39, 0.29) is 17.7 Å². The predicted molar refractivity (Wildman–Crippen MR) is 65.3 cm³/mol. The number of benzene rings is 1. The molecule has 0 aromatic heterocycles. The van der Waals surface area contributed by atoms with Crippen LogP contribution < -0.4 is 5.32 Å². The molecular weight excluding hydrogens is 214 g/mol.